The van der Waals surface area contributed by atoms with Gasteiger partial charge in [0.15, 0.2) is 6.29 Å². The average Bonchev–Trinajstić information content (AvgIpc) is 2.24. The predicted octanol–water partition coefficient (Wildman–Crippen LogP) is 0.221. The molecule has 0 amide bonds. The highest BCUT2D eigenvalue weighted by atomic mass is 16.5. The third kappa shape index (κ3) is 8.26. The van der Waals surface area contributed by atoms with E-state index in [9.17, 15) is 14.4 Å². The van der Waals surface area contributed by atoms with Crippen molar-refractivity contribution < 1.29 is 24.6 Å². The number of aliphatic hydroxyl groups is 2. The van der Waals surface area contributed by atoms with Gasteiger partial charge in [-0.15, -0.1) is 0 Å². The molecule has 1 atom stereocenters. The molecule has 0 aromatic carbocycles. The van der Waals surface area contributed by atoms with Gasteiger partial charge in [-0.25, -0.2) is 0 Å². The van der Waals surface area contributed by atoms with Crippen LogP contribution in [-0.2, 0) is 14.4 Å². The van der Waals surface area contributed by atoms with Crippen LogP contribution in [-0.4, -0.2) is 34.9 Å². The summed E-state index contributed by atoms with van der Waals surface area (Å²) < 4.78 is 0. The first-order valence-corrected chi connectivity index (χ1v) is 5.37. The van der Waals surface area contributed by atoms with Crippen LogP contribution in [0, 0.1) is 5.92 Å². The summed E-state index contributed by atoms with van der Waals surface area (Å²) in [7, 11) is 0. The van der Waals surface area contributed by atoms with Gasteiger partial charge in [0.1, 0.15) is 18.4 Å². The molecule has 0 unspecified atom stereocenters. The van der Waals surface area contributed by atoms with E-state index in [1.54, 1.807) is 0 Å². The summed E-state index contributed by atoms with van der Waals surface area (Å²) >= 11 is 0. The minimum Gasteiger partial charge on any atom is -0.368 e. The summed E-state index contributed by atoms with van der Waals surface area (Å²) in [5, 5.41) is 17.2. The second kappa shape index (κ2) is 9.18. The summed E-state index contributed by atoms with van der Waals surface area (Å²) in [6.07, 6.45) is 1.65. The van der Waals surface area contributed by atoms with E-state index < -0.39 is 12.2 Å². The molecule has 92 valence electrons. The van der Waals surface area contributed by atoms with Crippen LogP contribution in [0.5, 0.6) is 0 Å². The van der Waals surface area contributed by atoms with Crippen molar-refractivity contribution >= 4 is 18.4 Å². The molecular formula is C11H18O5. The average molecular weight is 230 g/mol. The molecule has 2 N–H and O–H groups in total. The van der Waals surface area contributed by atoms with Crippen LogP contribution in [0.25, 0.3) is 0 Å². The molecule has 0 radical (unpaired) electrons. The lowest BCUT2D eigenvalue weighted by Crippen LogP contribution is -2.13. The number of carbonyl (C=O) groups is 3. The Morgan fingerprint density at radius 3 is 2.38 bits per heavy atom. The number of Topliss-reactive ketones (excluding diaryl/α,β-unsaturated/α-hetero) is 1. The lowest BCUT2D eigenvalue weighted by Gasteiger charge is -2.09. The highest BCUT2D eigenvalue weighted by Crippen LogP contribution is 2.12. The molecule has 0 heterocycles. The first-order chi connectivity index (χ1) is 7.60. The first-order valence-electron chi connectivity index (χ1n) is 5.37. The summed E-state index contributed by atoms with van der Waals surface area (Å²) in [6, 6.07) is 0. The summed E-state index contributed by atoms with van der Waals surface area (Å²) in [5.41, 5.74) is 0. The highest BCUT2D eigenvalue weighted by Gasteiger charge is 2.14. The number of rotatable bonds is 10. The zero-order valence-corrected chi connectivity index (χ0v) is 9.17. The zero-order valence-electron chi connectivity index (χ0n) is 9.17. The molecular weight excluding hydrogens is 212 g/mol. The van der Waals surface area contributed by atoms with Crippen LogP contribution in [0.15, 0.2) is 0 Å². The Morgan fingerprint density at radius 1 is 1.19 bits per heavy atom. The third-order valence-corrected chi connectivity index (χ3v) is 2.26. The van der Waals surface area contributed by atoms with E-state index in [1.165, 1.54) is 0 Å². The van der Waals surface area contributed by atoms with Crippen LogP contribution in [0.1, 0.15) is 38.5 Å². The van der Waals surface area contributed by atoms with Gasteiger partial charge in [-0.1, -0.05) is 0 Å². The predicted molar refractivity (Wildman–Crippen MR) is 56.6 cm³/mol. The molecule has 0 saturated carbocycles. The topological polar surface area (TPSA) is 91.7 Å². The van der Waals surface area contributed by atoms with Crippen molar-refractivity contribution in [1.29, 1.82) is 0 Å². The van der Waals surface area contributed by atoms with Crippen molar-refractivity contribution in [2.45, 2.75) is 44.8 Å². The van der Waals surface area contributed by atoms with E-state index in [4.69, 9.17) is 10.2 Å². The molecule has 5 heteroatoms. The maximum absolute atomic E-state index is 11.3. The normalized spacial score (nSPS) is 12.4. The van der Waals surface area contributed by atoms with Crippen molar-refractivity contribution in [3.63, 3.8) is 0 Å². The van der Waals surface area contributed by atoms with Crippen LogP contribution in [0.3, 0.4) is 0 Å². The van der Waals surface area contributed by atoms with Gasteiger partial charge in [-0.2, -0.15) is 0 Å². The van der Waals surface area contributed by atoms with E-state index in [-0.39, 0.29) is 18.6 Å². The SMILES string of the molecule is O=CCCCC(=O)C[C@@H](C=O)CCC(O)O. The number of aliphatic hydroxyl groups excluding tert-OH is 1. The molecule has 0 spiro atoms. The van der Waals surface area contributed by atoms with Crippen molar-refractivity contribution in [1.82, 2.24) is 0 Å². The molecule has 0 bridgehead atoms. The molecule has 0 aliphatic heterocycles. The molecule has 0 aromatic heterocycles. The molecule has 0 aliphatic rings. The lowest BCUT2D eigenvalue weighted by molar-refractivity contribution is -0.123. The lowest BCUT2D eigenvalue weighted by atomic mass is 9.96. The minimum absolute atomic E-state index is 0.0635. The van der Waals surface area contributed by atoms with Crippen LogP contribution < -0.4 is 0 Å². The van der Waals surface area contributed by atoms with Crippen molar-refractivity contribution in [3.8, 4) is 0 Å². The number of aldehydes is 2. The molecule has 16 heavy (non-hydrogen) atoms. The van der Waals surface area contributed by atoms with Crippen LogP contribution in [0.4, 0.5) is 0 Å². The number of carbonyl (C=O) groups excluding carboxylic acids is 3. The number of ketones is 1. The van der Waals surface area contributed by atoms with Gasteiger partial charge in [-0.05, 0) is 19.3 Å². The molecule has 0 aliphatic carbocycles. The van der Waals surface area contributed by atoms with Gasteiger partial charge >= 0.3 is 0 Å². The number of unbranched alkanes of at least 4 members (excludes halogenated alkanes) is 1. The van der Waals surface area contributed by atoms with Gasteiger partial charge < -0.3 is 19.8 Å². The summed E-state index contributed by atoms with van der Waals surface area (Å²) in [4.78, 5) is 32.0. The van der Waals surface area contributed by atoms with Gasteiger partial charge in [0, 0.05) is 25.2 Å². The number of hydrogen-bond donors (Lipinski definition) is 2. The maximum atomic E-state index is 11.3. The van der Waals surface area contributed by atoms with Crippen LogP contribution >= 0.6 is 0 Å². The molecule has 0 fully saturated rings. The fourth-order valence-corrected chi connectivity index (χ4v) is 1.36. The third-order valence-electron chi connectivity index (χ3n) is 2.26. The highest BCUT2D eigenvalue weighted by molar-refractivity contribution is 5.81. The largest absolute Gasteiger partial charge is 0.368 e. The molecule has 5 nitrogen and oxygen atoms in total. The first kappa shape index (κ1) is 14.9. The van der Waals surface area contributed by atoms with Gasteiger partial charge in [0.05, 0.1) is 0 Å². The van der Waals surface area contributed by atoms with E-state index in [1.807, 2.05) is 0 Å². The quantitative estimate of drug-likeness (QED) is 0.318. The fraction of sp³-hybridized carbons (Fsp3) is 0.727. The molecule has 0 aromatic rings. The Bertz CT molecular complexity index is 224. The van der Waals surface area contributed by atoms with E-state index in [2.05, 4.69) is 0 Å². The van der Waals surface area contributed by atoms with Crippen LogP contribution in [0.2, 0.25) is 0 Å². The van der Waals surface area contributed by atoms with Gasteiger partial charge in [-0.3, -0.25) is 4.79 Å². The Balaban J connectivity index is 3.78. The second-order valence-electron chi connectivity index (χ2n) is 3.76. The van der Waals surface area contributed by atoms with Crippen molar-refractivity contribution in [2.75, 3.05) is 0 Å². The summed E-state index contributed by atoms with van der Waals surface area (Å²) in [5.74, 6) is -0.517. The molecule has 0 saturated heterocycles. The Labute approximate surface area is 94.5 Å². The Morgan fingerprint density at radius 2 is 1.88 bits per heavy atom. The fourth-order valence-electron chi connectivity index (χ4n) is 1.36. The zero-order chi connectivity index (χ0) is 12.4. The second-order valence-corrected chi connectivity index (χ2v) is 3.76. The smallest absolute Gasteiger partial charge is 0.151 e. The Kier molecular flexibility index (Phi) is 8.56. The standard InChI is InChI=1S/C11H18O5/c12-6-2-1-3-10(14)7-9(8-13)4-5-11(15)16/h6,8-9,11,15-16H,1-5,7H2/t9-/m0/s1. The summed E-state index contributed by atoms with van der Waals surface area (Å²) in [6.45, 7) is 0. The van der Waals surface area contributed by atoms with Gasteiger partial charge in [0.2, 0.25) is 0 Å². The maximum Gasteiger partial charge on any atom is 0.151 e. The van der Waals surface area contributed by atoms with E-state index >= 15 is 0 Å². The van der Waals surface area contributed by atoms with E-state index in [0.717, 1.165) is 6.29 Å². The Hall–Kier alpha value is -1.07. The monoisotopic (exact) mass is 230 g/mol. The van der Waals surface area contributed by atoms with E-state index in [0.29, 0.717) is 32.0 Å². The van der Waals surface area contributed by atoms with Crippen molar-refractivity contribution in [2.24, 2.45) is 5.92 Å². The molecule has 0 rings (SSSR count). The van der Waals surface area contributed by atoms with Gasteiger partial charge in [0.25, 0.3) is 0 Å². The van der Waals surface area contributed by atoms with Crippen molar-refractivity contribution in [3.05, 3.63) is 0 Å². The number of hydrogen-bond acceptors (Lipinski definition) is 5. The minimum atomic E-state index is -1.44.